The molecule has 2 heterocycles. The largest absolute Gasteiger partial charge is 0.493 e. The molecule has 0 fully saturated rings. The molecule has 0 spiro atoms. The molecule has 0 atom stereocenters. The monoisotopic (exact) mass is 480 g/mol. The fourth-order valence-electron chi connectivity index (χ4n) is 3.82. The third-order valence-electron chi connectivity index (χ3n) is 5.41. The van der Waals surface area contributed by atoms with Crippen molar-refractivity contribution in [1.29, 1.82) is 0 Å². The van der Waals surface area contributed by atoms with Crippen molar-refractivity contribution >= 4 is 33.7 Å². The number of fused-ring (bicyclic) bond motifs is 3. The van der Waals surface area contributed by atoms with Crippen LogP contribution in [0.4, 0.5) is 5.69 Å². The Bertz CT molecular complexity index is 1370. The van der Waals surface area contributed by atoms with Crippen LogP contribution in [-0.2, 0) is 4.79 Å². The van der Waals surface area contributed by atoms with Gasteiger partial charge in [0.2, 0.25) is 11.5 Å². The van der Waals surface area contributed by atoms with E-state index in [0.717, 1.165) is 11.8 Å². The van der Waals surface area contributed by atoms with Crippen LogP contribution in [0.5, 0.6) is 5.75 Å². The molecule has 0 saturated heterocycles. The summed E-state index contributed by atoms with van der Waals surface area (Å²) in [6.45, 7) is 2.77. The number of hydrogen-bond acceptors (Lipinski definition) is 8. The lowest BCUT2D eigenvalue weighted by Crippen LogP contribution is -2.37. The summed E-state index contributed by atoms with van der Waals surface area (Å²) < 4.78 is 11.6. The van der Waals surface area contributed by atoms with Gasteiger partial charge in [0.05, 0.1) is 31.9 Å². The number of nitrogens with zero attached hydrogens (tertiary/aromatic N) is 2. The zero-order chi connectivity index (χ0) is 24.8. The lowest BCUT2D eigenvalue weighted by atomic mass is 10.1. The number of furan rings is 1. The second kappa shape index (κ2) is 11.1. The van der Waals surface area contributed by atoms with Crippen LogP contribution >= 0.6 is 0 Å². The van der Waals surface area contributed by atoms with Crippen molar-refractivity contribution in [3.63, 3.8) is 0 Å². The summed E-state index contributed by atoms with van der Waals surface area (Å²) in [6.07, 6.45) is 0.791. The maximum atomic E-state index is 12.8. The molecule has 0 saturated carbocycles. The van der Waals surface area contributed by atoms with Gasteiger partial charge in [-0.3, -0.25) is 14.5 Å². The van der Waals surface area contributed by atoms with Gasteiger partial charge in [-0.15, -0.1) is 0 Å². The van der Waals surface area contributed by atoms with Crippen molar-refractivity contribution < 1.29 is 24.2 Å². The van der Waals surface area contributed by atoms with Crippen molar-refractivity contribution in [2.45, 2.75) is 13.3 Å². The second-order valence-electron chi connectivity index (χ2n) is 8.02. The minimum Gasteiger partial charge on any atom is -0.493 e. The number of rotatable bonds is 11. The molecule has 4 rings (SSSR count). The average Bonchev–Trinajstić information content (AvgIpc) is 3.23. The Morgan fingerprint density at radius 2 is 1.94 bits per heavy atom. The molecule has 10 nitrogen and oxygen atoms in total. The molecule has 0 radical (unpaired) electrons. The zero-order valence-electron chi connectivity index (χ0n) is 19.4. The number of carbonyl (C=O) groups is 1. The van der Waals surface area contributed by atoms with Crippen LogP contribution in [0.15, 0.2) is 51.7 Å². The van der Waals surface area contributed by atoms with E-state index in [4.69, 9.17) is 19.4 Å². The van der Waals surface area contributed by atoms with E-state index < -0.39 is 5.56 Å². The highest BCUT2D eigenvalue weighted by molar-refractivity contribution is 6.02. The minimum absolute atomic E-state index is 0.00654. The lowest BCUT2D eigenvalue weighted by Gasteiger charge is -2.19. The predicted octanol–water partition coefficient (Wildman–Crippen LogP) is 2.35. The minimum atomic E-state index is -0.416. The molecule has 0 bridgehead atoms. The highest BCUT2D eigenvalue weighted by Gasteiger charge is 2.18. The first-order valence-corrected chi connectivity index (χ1v) is 11.5. The summed E-state index contributed by atoms with van der Waals surface area (Å²) in [5.41, 5.74) is 1.74. The standard InChI is InChI=1S/C25H28N4O6/c1-2-13-34-19-8-7-16(26-21(32)15-29(9-11-30)10-12-31)14-18(19)24-27-22-17-5-3-4-6-20(17)35-23(22)25(33)28-24/h3-8,14,30-31H,2,9-13,15H2,1H3,(H,26,32)(H,27,28,33). The number of carbonyl (C=O) groups excluding carboxylic acids is 1. The van der Waals surface area contributed by atoms with Gasteiger partial charge < -0.3 is 29.7 Å². The van der Waals surface area contributed by atoms with Crippen LogP contribution < -0.4 is 15.6 Å². The van der Waals surface area contributed by atoms with Crippen LogP contribution in [-0.4, -0.2) is 70.4 Å². The number of aliphatic hydroxyl groups excluding tert-OH is 2. The molecule has 0 aliphatic heterocycles. The van der Waals surface area contributed by atoms with Crippen LogP contribution in [0.3, 0.4) is 0 Å². The highest BCUT2D eigenvalue weighted by Crippen LogP contribution is 2.33. The summed E-state index contributed by atoms with van der Waals surface area (Å²) in [5, 5.41) is 21.9. The number of hydrogen-bond donors (Lipinski definition) is 4. The molecule has 0 unspecified atom stereocenters. The fourth-order valence-corrected chi connectivity index (χ4v) is 3.82. The quantitative estimate of drug-likeness (QED) is 0.256. The molecule has 2 aromatic heterocycles. The van der Waals surface area contributed by atoms with Gasteiger partial charge in [0.15, 0.2) is 0 Å². The van der Waals surface area contributed by atoms with Crippen molar-refractivity contribution in [3.8, 4) is 17.1 Å². The maximum Gasteiger partial charge on any atom is 0.294 e. The van der Waals surface area contributed by atoms with Crippen molar-refractivity contribution in [2.75, 3.05) is 44.8 Å². The number of amides is 1. The molecule has 4 aromatic rings. The molecule has 1 amide bonds. The predicted molar refractivity (Wildman–Crippen MR) is 133 cm³/mol. The summed E-state index contributed by atoms with van der Waals surface area (Å²) in [7, 11) is 0. The number of anilines is 1. The first kappa shape index (κ1) is 24.4. The van der Waals surface area contributed by atoms with Crippen LogP contribution in [0.2, 0.25) is 0 Å². The first-order valence-electron chi connectivity index (χ1n) is 11.5. The summed E-state index contributed by atoms with van der Waals surface area (Å²) in [6, 6.07) is 12.4. The Hall–Kier alpha value is -3.73. The number of aliphatic hydroxyl groups is 2. The third kappa shape index (κ3) is 5.51. The summed E-state index contributed by atoms with van der Waals surface area (Å²) >= 11 is 0. The van der Waals surface area contributed by atoms with E-state index in [0.29, 0.717) is 40.5 Å². The van der Waals surface area contributed by atoms with E-state index in [-0.39, 0.29) is 44.3 Å². The fraction of sp³-hybridized carbons (Fsp3) is 0.320. The topological polar surface area (TPSA) is 141 Å². The van der Waals surface area contributed by atoms with E-state index in [2.05, 4.69) is 15.3 Å². The highest BCUT2D eigenvalue weighted by atomic mass is 16.5. The molecular formula is C25H28N4O6. The number of ether oxygens (including phenoxy) is 1. The van der Waals surface area contributed by atoms with E-state index in [1.165, 1.54) is 0 Å². The number of aromatic nitrogens is 2. The Balaban J connectivity index is 1.71. The van der Waals surface area contributed by atoms with Gasteiger partial charge in [0, 0.05) is 24.2 Å². The van der Waals surface area contributed by atoms with Gasteiger partial charge in [-0.1, -0.05) is 19.1 Å². The van der Waals surface area contributed by atoms with Crippen molar-refractivity contribution in [2.24, 2.45) is 0 Å². The molecular weight excluding hydrogens is 452 g/mol. The Labute approximate surface area is 201 Å². The molecule has 35 heavy (non-hydrogen) atoms. The van der Waals surface area contributed by atoms with Gasteiger partial charge in [-0.25, -0.2) is 4.98 Å². The Morgan fingerprint density at radius 1 is 1.17 bits per heavy atom. The Morgan fingerprint density at radius 3 is 2.69 bits per heavy atom. The summed E-state index contributed by atoms with van der Waals surface area (Å²) in [5.74, 6) is 0.499. The number of aromatic amines is 1. The third-order valence-corrected chi connectivity index (χ3v) is 5.41. The van der Waals surface area contributed by atoms with Crippen molar-refractivity contribution in [3.05, 3.63) is 52.8 Å². The van der Waals surface area contributed by atoms with E-state index in [1.54, 1.807) is 29.2 Å². The molecule has 0 aliphatic carbocycles. The molecule has 2 aromatic carbocycles. The zero-order valence-corrected chi connectivity index (χ0v) is 19.4. The molecule has 4 N–H and O–H groups in total. The van der Waals surface area contributed by atoms with Gasteiger partial charge in [-0.2, -0.15) is 0 Å². The van der Waals surface area contributed by atoms with Gasteiger partial charge in [0.25, 0.3) is 5.56 Å². The Kier molecular flexibility index (Phi) is 7.76. The normalized spacial score (nSPS) is 11.4. The van der Waals surface area contributed by atoms with Crippen LogP contribution in [0.1, 0.15) is 13.3 Å². The molecule has 10 heteroatoms. The number of benzene rings is 2. The summed E-state index contributed by atoms with van der Waals surface area (Å²) in [4.78, 5) is 34.5. The SMILES string of the molecule is CCCOc1ccc(NC(=O)CN(CCO)CCO)cc1-c1nc2c(oc3ccccc32)c(=O)[nH]1. The first-order chi connectivity index (χ1) is 17.0. The van der Waals surface area contributed by atoms with E-state index in [1.807, 2.05) is 25.1 Å². The number of H-pyrrole nitrogens is 1. The van der Waals surface area contributed by atoms with Crippen LogP contribution in [0, 0.1) is 0 Å². The molecule has 184 valence electrons. The smallest absolute Gasteiger partial charge is 0.294 e. The van der Waals surface area contributed by atoms with E-state index >= 15 is 0 Å². The lowest BCUT2D eigenvalue weighted by molar-refractivity contribution is -0.117. The average molecular weight is 481 g/mol. The maximum absolute atomic E-state index is 12.8. The number of para-hydroxylation sites is 1. The van der Waals surface area contributed by atoms with Gasteiger partial charge >= 0.3 is 0 Å². The van der Waals surface area contributed by atoms with Crippen LogP contribution in [0.25, 0.3) is 33.5 Å². The molecule has 0 aliphatic rings. The number of nitrogens with one attached hydrogen (secondary N) is 2. The second-order valence-corrected chi connectivity index (χ2v) is 8.02. The van der Waals surface area contributed by atoms with Gasteiger partial charge in [0.1, 0.15) is 22.7 Å². The van der Waals surface area contributed by atoms with Crippen molar-refractivity contribution in [1.82, 2.24) is 14.9 Å². The van der Waals surface area contributed by atoms with Gasteiger partial charge in [-0.05, 0) is 36.8 Å². The van der Waals surface area contributed by atoms with E-state index in [9.17, 15) is 9.59 Å².